The lowest BCUT2D eigenvalue weighted by Gasteiger charge is -2.28. The first kappa shape index (κ1) is 18.7. The van der Waals surface area contributed by atoms with Crippen molar-refractivity contribution in [1.82, 2.24) is 0 Å². The Morgan fingerprint density at radius 3 is 2.50 bits per heavy atom. The van der Waals surface area contributed by atoms with Gasteiger partial charge in [-0.2, -0.15) is 0 Å². The third-order valence-corrected chi connectivity index (χ3v) is 5.67. The molecule has 1 atom stereocenters. The second-order valence-electron chi connectivity index (χ2n) is 7.58. The minimum atomic E-state index is -0.401. The first-order valence-electron chi connectivity index (χ1n) is 10.1. The van der Waals surface area contributed by atoms with Gasteiger partial charge in [0.15, 0.2) is 11.5 Å². The molecule has 0 saturated carbocycles. The Morgan fingerprint density at radius 2 is 1.70 bits per heavy atom. The zero-order valence-corrected chi connectivity index (χ0v) is 16.5. The lowest BCUT2D eigenvalue weighted by atomic mass is 10.1. The van der Waals surface area contributed by atoms with E-state index in [4.69, 9.17) is 14.2 Å². The summed E-state index contributed by atoms with van der Waals surface area (Å²) in [6, 6.07) is 13.2. The van der Waals surface area contributed by atoms with Gasteiger partial charge in [-0.1, -0.05) is 0 Å². The van der Waals surface area contributed by atoms with Crippen LogP contribution in [0.2, 0.25) is 0 Å². The molecule has 3 aliphatic rings. The van der Waals surface area contributed by atoms with Crippen LogP contribution >= 0.6 is 0 Å². The van der Waals surface area contributed by atoms with Crippen LogP contribution in [0.3, 0.4) is 0 Å². The molecule has 0 aliphatic carbocycles. The molecule has 8 heteroatoms. The molecule has 0 aromatic heterocycles. The van der Waals surface area contributed by atoms with Crippen molar-refractivity contribution in [3.8, 4) is 11.5 Å². The number of hydrogen-bond acceptors (Lipinski definition) is 6. The third-order valence-electron chi connectivity index (χ3n) is 5.67. The molecule has 30 heavy (non-hydrogen) atoms. The van der Waals surface area contributed by atoms with Gasteiger partial charge >= 0.3 is 0 Å². The zero-order chi connectivity index (χ0) is 20.5. The van der Waals surface area contributed by atoms with Gasteiger partial charge < -0.3 is 29.3 Å². The first-order chi connectivity index (χ1) is 14.7. The summed E-state index contributed by atoms with van der Waals surface area (Å²) in [5, 5.41) is 2.94. The molecule has 2 saturated heterocycles. The van der Waals surface area contributed by atoms with Crippen LogP contribution in [0, 0.1) is 5.92 Å². The number of amides is 2. The van der Waals surface area contributed by atoms with Crippen molar-refractivity contribution in [2.24, 2.45) is 5.92 Å². The number of nitrogens with zero attached hydrogens (tertiary/aromatic N) is 2. The normalized spacial score (nSPS) is 20.5. The van der Waals surface area contributed by atoms with Crippen molar-refractivity contribution in [2.45, 2.75) is 6.42 Å². The summed E-state index contributed by atoms with van der Waals surface area (Å²) >= 11 is 0. The summed E-state index contributed by atoms with van der Waals surface area (Å²) < 4.78 is 16.1. The molecular weight excluding hydrogens is 386 g/mol. The quantitative estimate of drug-likeness (QED) is 0.834. The fourth-order valence-electron chi connectivity index (χ4n) is 4.01. The Bertz CT molecular complexity index is 956. The number of rotatable bonds is 4. The van der Waals surface area contributed by atoms with E-state index in [1.807, 2.05) is 30.3 Å². The number of ether oxygens (including phenoxy) is 3. The molecular formula is C22H23N3O5. The second-order valence-corrected chi connectivity index (χ2v) is 7.58. The predicted octanol–water partition coefficient (Wildman–Crippen LogP) is 2.24. The summed E-state index contributed by atoms with van der Waals surface area (Å²) in [4.78, 5) is 29.2. The zero-order valence-electron chi connectivity index (χ0n) is 16.5. The number of fused-ring (bicyclic) bond motifs is 1. The van der Waals surface area contributed by atoms with Crippen LogP contribution in [0.5, 0.6) is 11.5 Å². The van der Waals surface area contributed by atoms with Crippen LogP contribution in [0.4, 0.5) is 17.1 Å². The van der Waals surface area contributed by atoms with E-state index < -0.39 is 5.92 Å². The van der Waals surface area contributed by atoms with E-state index >= 15 is 0 Å². The van der Waals surface area contributed by atoms with Crippen molar-refractivity contribution in [3.05, 3.63) is 42.5 Å². The average Bonchev–Trinajstić information content (AvgIpc) is 3.41. The molecule has 0 bridgehead atoms. The Morgan fingerprint density at radius 1 is 0.967 bits per heavy atom. The van der Waals surface area contributed by atoms with Gasteiger partial charge in [0.25, 0.3) is 0 Å². The Kier molecular flexibility index (Phi) is 4.92. The number of carbonyl (C=O) groups is 2. The molecule has 1 unspecified atom stereocenters. The first-order valence-corrected chi connectivity index (χ1v) is 10.1. The van der Waals surface area contributed by atoms with Crippen LogP contribution in [0.1, 0.15) is 6.42 Å². The van der Waals surface area contributed by atoms with Gasteiger partial charge in [-0.15, -0.1) is 0 Å². The van der Waals surface area contributed by atoms with Crippen molar-refractivity contribution in [3.63, 3.8) is 0 Å². The highest BCUT2D eigenvalue weighted by Gasteiger charge is 2.35. The molecule has 156 valence electrons. The van der Waals surface area contributed by atoms with Crippen LogP contribution in [0.25, 0.3) is 0 Å². The molecule has 2 fully saturated rings. The monoisotopic (exact) mass is 409 g/mol. The summed E-state index contributed by atoms with van der Waals surface area (Å²) in [6.45, 7) is 3.72. The summed E-state index contributed by atoms with van der Waals surface area (Å²) in [7, 11) is 0. The number of benzene rings is 2. The van der Waals surface area contributed by atoms with Gasteiger partial charge in [-0.25, -0.2) is 0 Å². The number of morpholine rings is 1. The fourth-order valence-corrected chi connectivity index (χ4v) is 4.01. The van der Waals surface area contributed by atoms with Gasteiger partial charge in [0.2, 0.25) is 18.6 Å². The van der Waals surface area contributed by atoms with Crippen molar-refractivity contribution in [2.75, 3.05) is 54.8 Å². The Balaban J connectivity index is 1.22. The lowest BCUT2D eigenvalue weighted by Crippen LogP contribution is -2.36. The molecule has 0 radical (unpaired) electrons. The molecule has 5 rings (SSSR count). The fraction of sp³-hybridized carbons (Fsp3) is 0.364. The summed E-state index contributed by atoms with van der Waals surface area (Å²) in [5.74, 6) is 0.665. The van der Waals surface area contributed by atoms with E-state index in [1.54, 1.807) is 17.0 Å². The summed E-state index contributed by atoms with van der Waals surface area (Å²) in [5.41, 5.74) is 2.56. The van der Waals surface area contributed by atoms with Crippen molar-refractivity contribution < 1.29 is 23.8 Å². The van der Waals surface area contributed by atoms with Gasteiger partial charge in [0, 0.05) is 49.2 Å². The predicted molar refractivity (Wildman–Crippen MR) is 111 cm³/mol. The molecule has 3 heterocycles. The second kappa shape index (κ2) is 7.87. The van der Waals surface area contributed by atoms with Gasteiger partial charge in [-0.05, 0) is 36.4 Å². The number of hydrogen-bond donors (Lipinski definition) is 1. The van der Waals surface area contributed by atoms with Crippen LogP contribution in [-0.2, 0) is 14.3 Å². The SMILES string of the molecule is O=C(Nc1ccc(N2CCOCC2)cc1)C1CC(=O)N(c2ccc3c(c2)OCO3)C1. The van der Waals surface area contributed by atoms with Gasteiger partial charge in [0.05, 0.1) is 19.1 Å². The highest BCUT2D eigenvalue weighted by Crippen LogP contribution is 2.37. The van der Waals surface area contributed by atoms with Crippen LogP contribution in [0.15, 0.2) is 42.5 Å². The molecule has 2 aromatic carbocycles. The minimum Gasteiger partial charge on any atom is -0.454 e. The average molecular weight is 409 g/mol. The number of anilines is 3. The highest BCUT2D eigenvalue weighted by molar-refractivity contribution is 6.03. The molecule has 3 aliphatic heterocycles. The smallest absolute Gasteiger partial charge is 0.231 e. The van der Waals surface area contributed by atoms with E-state index in [-0.39, 0.29) is 25.0 Å². The maximum Gasteiger partial charge on any atom is 0.231 e. The molecule has 0 spiro atoms. The van der Waals surface area contributed by atoms with Crippen LogP contribution < -0.4 is 24.6 Å². The molecule has 2 amide bonds. The van der Waals surface area contributed by atoms with E-state index in [2.05, 4.69) is 10.2 Å². The van der Waals surface area contributed by atoms with Crippen molar-refractivity contribution in [1.29, 1.82) is 0 Å². The standard InChI is InChI=1S/C22H23N3O5/c26-21-11-15(13-25(21)18-5-6-19-20(12-18)30-14-29-19)22(27)23-16-1-3-17(4-2-16)24-7-9-28-10-8-24/h1-6,12,15H,7-11,13-14H2,(H,23,27). The van der Waals surface area contributed by atoms with E-state index in [0.717, 1.165) is 43.4 Å². The van der Waals surface area contributed by atoms with E-state index in [1.165, 1.54) is 0 Å². The van der Waals surface area contributed by atoms with Crippen LogP contribution in [-0.4, -0.2) is 51.5 Å². The molecule has 1 N–H and O–H groups in total. The van der Waals surface area contributed by atoms with E-state index in [0.29, 0.717) is 18.0 Å². The summed E-state index contributed by atoms with van der Waals surface area (Å²) in [6.07, 6.45) is 0.187. The lowest BCUT2D eigenvalue weighted by molar-refractivity contribution is -0.122. The Hall–Kier alpha value is -3.26. The van der Waals surface area contributed by atoms with Gasteiger partial charge in [0.1, 0.15) is 0 Å². The van der Waals surface area contributed by atoms with E-state index in [9.17, 15) is 9.59 Å². The Labute approximate surface area is 174 Å². The van der Waals surface area contributed by atoms with Gasteiger partial charge in [-0.3, -0.25) is 9.59 Å². The number of carbonyl (C=O) groups excluding carboxylic acids is 2. The van der Waals surface area contributed by atoms with Crippen molar-refractivity contribution >= 4 is 28.9 Å². The highest BCUT2D eigenvalue weighted by atomic mass is 16.7. The molecule has 8 nitrogen and oxygen atoms in total. The number of nitrogens with one attached hydrogen (secondary N) is 1. The maximum atomic E-state index is 12.7. The minimum absolute atomic E-state index is 0.0725. The maximum absolute atomic E-state index is 12.7. The third kappa shape index (κ3) is 3.66. The topological polar surface area (TPSA) is 80.3 Å². The molecule has 2 aromatic rings. The largest absolute Gasteiger partial charge is 0.454 e.